The third-order valence-corrected chi connectivity index (χ3v) is 18.1. The van der Waals surface area contributed by atoms with Gasteiger partial charge in [0.1, 0.15) is 22.7 Å². The maximum absolute atomic E-state index is 13.5. The molecule has 2 amide bonds. The van der Waals surface area contributed by atoms with Crippen LogP contribution in [0.3, 0.4) is 0 Å². The number of likely N-dealkylation sites (tertiary alicyclic amines) is 2. The van der Waals surface area contributed by atoms with Gasteiger partial charge in [0.05, 0.1) is 56.9 Å². The second kappa shape index (κ2) is 35.8. The summed E-state index contributed by atoms with van der Waals surface area (Å²) in [5, 5.41) is 14.9. The summed E-state index contributed by atoms with van der Waals surface area (Å²) in [6.45, 7) is 16.4. The van der Waals surface area contributed by atoms with Crippen molar-refractivity contribution in [2.24, 2.45) is 11.8 Å². The average Bonchev–Trinajstić information content (AvgIpc) is 1.62. The second-order valence-corrected chi connectivity index (χ2v) is 28.4. The highest BCUT2D eigenvalue weighted by Crippen LogP contribution is 2.32. The van der Waals surface area contributed by atoms with Gasteiger partial charge in [0.15, 0.2) is 22.9 Å². The highest BCUT2D eigenvalue weighted by Gasteiger charge is 2.31. The Labute approximate surface area is 593 Å². The van der Waals surface area contributed by atoms with Gasteiger partial charge in [0.25, 0.3) is 11.8 Å². The second-order valence-electron chi connectivity index (χ2n) is 28.4. The molecule has 22 nitrogen and oxygen atoms in total. The van der Waals surface area contributed by atoms with Crippen molar-refractivity contribution in [3.8, 4) is 34.0 Å². The van der Waals surface area contributed by atoms with Crippen molar-refractivity contribution in [1.82, 2.24) is 43.4 Å². The molecule has 0 bridgehead atoms. The zero-order chi connectivity index (χ0) is 73.9. The lowest BCUT2D eigenvalue weighted by molar-refractivity contribution is -0.915. The Morgan fingerprint density at radius 2 is 1.02 bits per heavy atom. The summed E-state index contributed by atoms with van der Waals surface area (Å²) in [6, 6.07) is 24.1. The van der Waals surface area contributed by atoms with Crippen LogP contribution in [0.5, 0.6) is 11.5 Å². The van der Waals surface area contributed by atoms with Gasteiger partial charge < -0.3 is 58.7 Å². The first-order valence-electron chi connectivity index (χ1n) is 34.5. The van der Waals surface area contributed by atoms with E-state index in [1.54, 1.807) is 61.4 Å². The van der Waals surface area contributed by atoms with E-state index in [4.69, 9.17) is 19.4 Å². The van der Waals surface area contributed by atoms with E-state index in [0.717, 1.165) is 140 Å². The molecule has 8 aromatic rings. The van der Waals surface area contributed by atoms with E-state index >= 15 is 0 Å². The van der Waals surface area contributed by atoms with E-state index in [9.17, 15) is 36.7 Å². The molecule has 6 heterocycles. The molecule has 0 atom stereocenters. The molecule has 2 aliphatic heterocycles. The third-order valence-electron chi connectivity index (χ3n) is 18.1. The summed E-state index contributed by atoms with van der Waals surface area (Å²) in [4.78, 5) is 83.3. The van der Waals surface area contributed by atoms with Crippen molar-refractivity contribution in [2.45, 2.75) is 144 Å². The number of amides is 2. The van der Waals surface area contributed by atoms with Gasteiger partial charge in [0, 0.05) is 105 Å². The number of nitrogens with zero attached hydrogens (tertiary/aromatic N) is 10. The van der Waals surface area contributed by atoms with E-state index in [1.165, 1.54) is 24.3 Å². The number of halogens is 4. The number of carbonyl (C=O) groups is 5. The Balaban J connectivity index is 0.000000249. The van der Waals surface area contributed by atoms with Gasteiger partial charge in [-0.25, -0.2) is 19.9 Å². The standard InChI is InChI=1S/C38H48F2N6O4.C37H46F2N6O4.CH2O2/c1-26-24-29(43-34-35-42-25-32(45(35)20-18-41-34)28-9-12-30(13-10-28)49-37(39)40)11-14-31(26)36(48)44(5)19-15-27-16-22-46(6,23-17-27)21-7-8-33(47)50-38(2,3)4;1-25-23-28(42-33-34-41-24-31(45(34)22-17-40-33)27-8-11-29(12-9-27)48-36(38)39)10-13-30(25)35(47)43(5)19-14-26-15-20-44(21-16-26)18-6-7-32(46)49-37(2,3)4;2-1-3/h9-14,18,20,24-25,27,37H,7-8,15-17,19,21-23H2,1-6H3;8-13,17,22-24,26,36H,6-7,14-16,18-21H2,1-5H3,(H,40,42);1H,(H,2,3). The fourth-order valence-corrected chi connectivity index (χ4v) is 12.8. The smallest absolute Gasteiger partial charge is 0.387 e. The maximum atomic E-state index is 13.5. The number of hydrogen-bond acceptors (Lipinski definition) is 17. The summed E-state index contributed by atoms with van der Waals surface area (Å²) in [5.41, 5.74) is 7.96. The first-order valence-corrected chi connectivity index (χ1v) is 34.5. The molecular weight excluding hydrogens is 1320 g/mol. The number of quaternary nitrogens is 1. The summed E-state index contributed by atoms with van der Waals surface area (Å²) in [5.74, 6) is 2.12. The summed E-state index contributed by atoms with van der Waals surface area (Å²) >= 11 is 0. The minimum atomic E-state index is -2.88. The predicted octanol–water partition coefficient (Wildman–Crippen LogP) is 13.2. The van der Waals surface area contributed by atoms with Crippen LogP contribution < -0.4 is 25.2 Å². The monoisotopic (exact) mass is 1410 g/mol. The average molecular weight is 1410 g/mol. The molecule has 548 valence electrons. The molecule has 0 unspecified atom stereocenters. The Bertz CT molecular complexity index is 4090. The first kappa shape index (κ1) is 78.0. The van der Waals surface area contributed by atoms with Crippen molar-refractivity contribution in [3.63, 3.8) is 0 Å². The lowest BCUT2D eigenvalue weighted by Crippen LogP contribution is -2.50. The predicted molar refractivity (Wildman–Crippen MR) is 381 cm³/mol. The number of imidazole rings is 2. The molecule has 26 heteroatoms. The maximum Gasteiger partial charge on any atom is 0.387 e. The lowest BCUT2D eigenvalue weighted by Gasteiger charge is -2.41. The number of aryl methyl sites for hydroxylation is 2. The molecule has 102 heavy (non-hydrogen) atoms. The van der Waals surface area contributed by atoms with Gasteiger partial charge in [-0.1, -0.05) is 0 Å². The number of carboxylic acid groups (broad SMARTS) is 1. The molecular formula is C76H96F4N12O10. The quantitative estimate of drug-likeness (QED) is 0.0222. The number of alkyl halides is 4. The molecule has 2 fully saturated rings. The highest BCUT2D eigenvalue weighted by molar-refractivity contribution is 5.97. The van der Waals surface area contributed by atoms with Crippen LogP contribution in [0.4, 0.5) is 40.6 Å². The van der Waals surface area contributed by atoms with Crippen molar-refractivity contribution in [1.29, 1.82) is 0 Å². The zero-order valence-electron chi connectivity index (χ0n) is 60.2. The number of ether oxygens (including phenoxy) is 4. The van der Waals surface area contributed by atoms with Gasteiger partial charge in [-0.2, -0.15) is 17.6 Å². The zero-order valence-corrected chi connectivity index (χ0v) is 60.2. The van der Waals surface area contributed by atoms with Gasteiger partial charge >= 0.3 is 25.2 Å². The number of esters is 2. The van der Waals surface area contributed by atoms with Crippen LogP contribution in [0.15, 0.2) is 122 Å². The van der Waals surface area contributed by atoms with Crippen LogP contribution in [0, 0.1) is 25.7 Å². The van der Waals surface area contributed by atoms with E-state index in [-0.39, 0.29) is 35.3 Å². The van der Waals surface area contributed by atoms with Crippen molar-refractivity contribution in [3.05, 3.63) is 144 Å². The van der Waals surface area contributed by atoms with E-state index < -0.39 is 30.9 Å². The molecule has 2 N–H and O–H groups in total. The number of aromatic nitrogens is 6. The summed E-state index contributed by atoms with van der Waals surface area (Å²) in [6.07, 6.45) is 19.2. The molecule has 2 aliphatic rings. The number of hydrogen-bond donors (Lipinski definition) is 2. The molecule has 0 spiro atoms. The van der Waals surface area contributed by atoms with Crippen LogP contribution in [0.1, 0.15) is 138 Å². The number of benzene rings is 4. The molecule has 10 rings (SSSR count). The fourth-order valence-electron chi connectivity index (χ4n) is 12.8. The largest absolute Gasteiger partial charge is 0.554 e. The molecule has 0 saturated carbocycles. The van der Waals surface area contributed by atoms with Crippen LogP contribution in [0.25, 0.3) is 33.8 Å². The Morgan fingerprint density at radius 1 is 0.618 bits per heavy atom. The Hall–Kier alpha value is -9.69. The van der Waals surface area contributed by atoms with Crippen molar-refractivity contribution in [2.75, 3.05) is 84.1 Å². The van der Waals surface area contributed by atoms with Gasteiger partial charge in [-0.05, 0) is 228 Å². The number of nitrogens with one attached hydrogen (secondary N) is 2. The number of piperidine rings is 2. The van der Waals surface area contributed by atoms with Crippen LogP contribution in [0.2, 0.25) is 0 Å². The topological polar surface area (TPSA) is 239 Å². The molecule has 2 saturated heterocycles. The third kappa shape index (κ3) is 22.9. The molecule has 4 aromatic carbocycles. The van der Waals surface area contributed by atoms with E-state index in [2.05, 4.69) is 52.0 Å². The minimum absolute atomic E-state index is 0.00397. The van der Waals surface area contributed by atoms with Crippen LogP contribution >= 0.6 is 0 Å². The van der Waals surface area contributed by atoms with Gasteiger partial charge in [-0.3, -0.25) is 28.0 Å². The number of fused-ring (bicyclic) bond motifs is 2. The van der Waals surface area contributed by atoms with E-state index in [1.807, 2.05) is 124 Å². The highest BCUT2D eigenvalue weighted by atomic mass is 19.3. The number of anilines is 4. The molecule has 0 aliphatic carbocycles. The SMILES string of the molecule is Cc1cc(Nc2nccn3c(-c4ccc(OC(F)F)cc4)cnc23)ccc1C(=O)N(C)CCC1CCN(CCCC(=O)OC(C)(C)C)CC1.Cc1cc(Nc2nccn3c(-c4ccc(OC(F)F)cc4)cnc23)ccc1C(=O)N(C)CCC1CC[N+](C)(CCCC(=O)OC(C)(C)C)CC1.O=C[O-]. The normalized spacial score (nSPS) is 15.8. The van der Waals surface area contributed by atoms with Crippen molar-refractivity contribution >= 4 is 64.5 Å². The fraction of sp³-hybridized carbons (Fsp3) is 0.461. The van der Waals surface area contributed by atoms with Crippen LogP contribution in [-0.4, -0.2) is 176 Å². The lowest BCUT2D eigenvalue weighted by atomic mass is 9.91. The van der Waals surface area contributed by atoms with Gasteiger partial charge in [-0.15, -0.1) is 0 Å². The number of rotatable bonds is 26. The van der Waals surface area contributed by atoms with E-state index in [0.29, 0.717) is 71.8 Å². The Kier molecular flexibility index (Phi) is 27.4. The van der Waals surface area contributed by atoms with Crippen LogP contribution in [-0.2, 0) is 23.9 Å². The summed E-state index contributed by atoms with van der Waals surface area (Å²) < 4.78 is 74.7. The van der Waals surface area contributed by atoms with Gasteiger partial charge in [0.2, 0.25) is 0 Å². The first-order chi connectivity index (χ1) is 48.5. The summed E-state index contributed by atoms with van der Waals surface area (Å²) in [7, 11) is 6.01. The molecule has 4 aromatic heterocycles. The number of carbonyl (C=O) groups excluding carboxylic acids is 5. The Morgan fingerprint density at radius 3 is 1.41 bits per heavy atom. The molecule has 0 radical (unpaired) electrons. The minimum Gasteiger partial charge on any atom is -0.554 e. The van der Waals surface area contributed by atoms with Crippen molar-refractivity contribution < 1.29 is 70.1 Å².